The van der Waals surface area contributed by atoms with E-state index in [1.807, 2.05) is 6.92 Å². The van der Waals surface area contributed by atoms with E-state index in [0.29, 0.717) is 5.69 Å². The van der Waals surface area contributed by atoms with E-state index >= 15 is 0 Å². The number of benzene rings is 1. The Morgan fingerprint density at radius 1 is 1.36 bits per heavy atom. The van der Waals surface area contributed by atoms with E-state index in [0.717, 1.165) is 25.8 Å². The molecule has 0 saturated heterocycles. The van der Waals surface area contributed by atoms with Gasteiger partial charge in [-0.25, -0.2) is 0 Å². The van der Waals surface area contributed by atoms with Crippen LogP contribution in [0.25, 0.3) is 0 Å². The quantitative estimate of drug-likeness (QED) is 0.667. The minimum atomic E-state index is -4.60. The van der Waals surface area contributed by atoms with Gasteiger partial charge < -0.3 is 5.32 Å². The van der Waals surface area contributed by atoms with Crippen molar-refractivity contribution in [3.8, 4) is 0 Å². The minimum Gasteiger partial charge on any atom is -0.324 e. The molecule has 1 amide bonds. The lowest BCUT2D eigenvalue weighted by atomic mass is 10.2. The molecule has 0 saturated carbocycles. The molecule has 6 nitrogen and oxygen atoms in total. The molecule has 0 bridgehead atoms. The fourth-order valence-electron chi connectivity index (χ4n) is 1.69. The van der Waals surface area contributed by atoms with Crippen LogP contribution in [0.5, 0.6) is 0 Å². The lowest BCUT2D eigenvalue weighted by molar-refractivity contribution is -0.116. The summed E-state index contributed by atoms with van der Waals surface area (Å²) < 4.78 is 33.8. The Hall–Kier alpha value is -0.810. The molecule has 0 aliphatic carbocycles. The van der Waals surface area contributed by atoms with E-state index in [9.17, 15) is 17.8 Å². The number of rotatable bonds is 4. The summed E-state index contributed by atoms with van der Waals surface area (Å²) in [6.07, 6.45) is 1.24. The summed E-state index contributed by atoms with van der Waals surface area (Å²) in [5.41, 5.74) is 2.72. The van der Waals surface area contributed by atoms with Crippen molar-refractivity contribution < 1.29 is 17.8 Å². The predicted octanol–water partition coefficient (Wildman–Crippen LogP) is 3.54. The molecule has 0 unspecified atom stereocenters. The smallest absolute Gasteiger partial charge is 0.282 e. The summed E-state index contributed by atoms with van der Waals surface area (Å²) in [6.45, 7) is 1.87. The highest BCUT2D eigenvalue weighted by Gasteiger charge is 2.34. The number of aromatic nitrogens is 1. The van der Waals surface area contributed by atoms with Crippen LogP contribution in [0.4, 0.5) is 5.69 Å². The van der Waals surface area contributed by atoms with Gasteiger partial charge in [0.1, 0.15) is 0 Å². The van der Waals surface area contributed by atoms with E-state index in [1.54, 1.807) is 12.1 Å². The number of nitrogens with one attached hydrogen (secondary N) is 1. The normalized spacial score (nSPS) is 12.9. The van der Waals surface area contributed by atoms with E-state index in [2.05, 4.69) is 42.2 Å². The van der Waals surface area contributed by atoms with E-state index in [-0.39, 0.29) is 4.88 Å². The molecular formula is C12H10Br2N2O4S2. The van der Waals surface area contributed by atoms with Crippen molar-refractivity contribution in [1.29, 1.82) is 0 Å². The second-order valence-electron chi connectivity index (χ2n) is 4.35. The lowest BCUT2D eigenvalue weighted by Gasteiger charge is -2.13. The highest BCUT2D eigenvalue weighted by Crippen LogP contribution is 2.31. The fourth-order valence-corrected chi connectivity index (χ4v) is 4.69. The van der Waals surface area contributed by atoms with Crippen molar-refractivity contribution in [2.24, 2.45) is 0 Å². The zero-order chi connectivity index (χ0) is 16.5. The molecule has 0 fully saturated rings. The predicted molar refractivity (Wildman–Crippen MR) is 91.6 cm³/mol. The maximum atomic E-state index is 12.3. The lowest BCUT2D eigenvalue weighted by Crippen LogP contribution is -2.27. The molecule has 1 heterocycles. The van der Waals surface area contributed by atoms with E-state index in [4.69, 9.17) is 0 Å². The molecular weight excluding hydrogens is 460 g/mol. The van der Waals surface area contributed by atoms with Crippen LogP contribution in [0.3, 0.4) is 0 Å². The van der Waals surface area contributed by atoms with Gasteiger partial charge in [0.25, 0.3) is 16.0 Å². The molecule has 0 aliphatic heterocycles. The number of hydrogen-bond acceptors (Lipinski definition) is 5. The standard InChI is InChI=1S/C12H10Br2N2O4S2/c1-6-8(13)2-7(3-9(6)14)16-12(17)11(22(18,19)20)10-4-15-5-21-10/h2-5,11H,1H3,(H,16,17)(H,18,19,20)/t11-/m1/s1. The van der Waals surface area contributed by atoms with Gasteiger partial charge in [-0.2, -0.15) is 8.42 Å². The Balaban J connectivity index is 2.34. The summed E-state index contributed by atoms with van der Waals surface area (Å²) in [5.74, 6) is -0.852. The maximum absolute atomic E-state index is 12.3. The fraction of sp³-hybridized carbons (Fsp3) is 0.167. The summed E-state index contributed by atoms with van der Waals surface area (Å²) in [4.78, 5) is 16.1. The van der Waals surface area contributed by atoms with Crippen LogP contribution < -0.4 is 5.32 Å². The third kappa shape index (κ3) is 3.93. The largest absolute Gasteiger partial charge is 0.324 e. The number of carbonyl (C=O) groups excluding carboxylic acids is 1. The van der Waals surface area contributed by atoms with Gasteiger partial charge in [-0.05, 0) is 24.6 Å². The van der Waals surface area contributed by atoms with Crippen LogP contribution in [-0.4, -0.2) is 23.9 Å². The van der Waals surface area contributed by atoms with Gasteiger partial charge in [0.2, 0.25) is 5.25 Å². The molecule has 22 heavy (non-hydrogen) atoms. The van der Waals surface area contributed by atoms with Crippen LogP contribution in [0.15, 0.2) is 32.8 Å². The van der Waals surface area contributed by atoms with Gasteiger partial charge in [0.05, 0.1) is 10.4 Å². The van der Waals surface area contributed by atoms with E-state index in [1.165, 1.54) is 11.7 Å². The van der Waals surface area contributed by atoms with Gasteiger partial charge in [-0.15, -0.1) is 11.3 Å². The summed E-state index contributed by atoms with van der Waals surface area (Å²) in [5, 5.41) is 0.777. The van der Waals surface area contributed by atoms with E-state index < -0.39 is 21.3 Å². The Kier molecular flexibility index (Phi) is 5.38. The average Bonchev–Trinajstić information content (AvgIpc) is 2.87. The molecule has 0 radical (unpaired) electrons. The van der Waals surface area contributed by atoms with Crippen LogP contribution in [0.1, 0.15) is 15.7 Å². The summed E-state index contributed by atoms with van der Waals surface area (Å²) in [6, 6.07) is 3.29. The average molecular weight is 470 g/mol. The van der Waals surface area contributed by atoms with Crippen molar-refractivity contribution in [1.82, 2.24) is 4.98 Å². The molecule has 2 rings (SSSR count). The number of thiazole rings is 1. The first-order chi connectivity index (χ1) is 10.2. The summed E-state index contributed by atoms with van der Waals surface area (Å²) in [7, 11) is -4.60. The highest BCUT2D eigenvalue weighted by atomic mass is 79.9. The number of nitrogens with zero attached hydrogens (tertiary/aromatic N) is 1. The van der Waals surface area contributed by atoms with Crippen LogP contribution in [-0.2, 0) is 14.9 Å². The van der Waals surface area contributed by atoms with Gasteiger partial charge in [0, 0.05) is 20.8 Å². The molecule has 0 spiro atoms. The summed E-state index contributed by atoms with van der Waals surface area (Å²) >= 11 is 7.67. The molecule has 1 aromatic heterocycles. The number of anilines is 1. The van der Waals surface area contributed by atoms with Crippen molar-refractivity contribution >= 4 is 64.9 Å². The zero-order valence-electron chi connectivity index (χ0n) is 11.1. The minimum absolute atomic E-state index is 0.144. The maximum Gasteiger partial charge on any atom is 0.282 e. The third-order valence-electron chi connectivity index (χ3n) is 2.79. The van der Waals surface area contributed by atoms with Gasteiger partial charge in [-0.1, -0.05) is 31.9 Å². The van der Waals surface area contributed by atoms with Crippen molar-refractivity contribution in [3.05, 3.63) is 43.2 Å². The van der Waals surface area contributed by atoms with Gasteiger partial charge >= 0.3 is 0 Å². The Morgan fingerprint density at radius 2 is 1.95 bits per heavy atom. The topological polar surface area (TPSA) is 96.4 Å². The second kappa shape index (κ2) is 6.75. The third-order valence-corrected chi connectivity index (χ3v) is 6.49. The first kappa shape index (κ1) is 17.5. The Morgan fingerprint density at radius 3 is 2.41 bits per heavy atom. The van der Waals surface area contributed by atoms with Gasteiger partial charge in [0.15, 0.2) is 0 Å². The highest BCUT2D eigenvalue weighted by molar-refractivity contribution is 9.11. The molecule has 1 aromatic carbocycles. The molecule has 10 heteroatoms. The molecule has 0 aliphatic rings. The number of hydrogen-bond donors (Lipinski definition) is 2. The Labute approximate surface area is 148 Å². The number of carbonyl (C=O) groups is 1. The molecule has 2 N–H and O–H groups in total. The molecule has 118 valence electrons. The SMILES string of the molecule is Cc1c(Br)cc(NC(=O)[C@@H](c2cncs2)S(=O)(=O)O)cc1Br. The first-order valence-electron chi connectivity index (χ1n) is 5.81. The molecule has 2 aromatic rings. The number of halogens is 2. The second-order valence-corrected chi connectivity index (χ2v) is 8.48. The van der Waals surface area contributed by atoms with Gasteiger partial charge in [-0.3, -0.25) is 14.3 Å². The van der Waals surface area contributed by atoms with Crippen LogP contribution >= 0.6 is 43.2 Å². The molecule has 1 atom stereocenters. The van der Waals surface area contributed by atoms with Crippen molar-refractivity contribution in [3.63, 3.8) is 0 Å². The van der Waals surface area contributed by atoms with Crippen LogP contribution in [0, 0.1) is 6.92 Å². The monoisotopic (exact) mass is 468 g/mol. The zero-order valence-corrected chi connectivity index (χ0v) is 15.9. The van der Waals surface area contributed by atoms with Crippen molar-refractivity contribution in [2.45, 2.75) is 12.2 Å². The first-order valence-corrected chi connectivity index (χ1v) is 9.78. The van der Waals surface area contributed by atoms with Crippen molar-refractivity contribution in [2.75, 3.05) is 5.32 Å². The Bertz CT molecular complexity index is 784. The number of amides is 1. The van der Waals surface area contributed by atoms with Crippen LogP contribution in [0.2, 0.25) is 0 Å².